The molecule has 1 aromatic rings. The van der Waals surface area contributed by atoms with Crippen molar-refractivity contribution in [3.63, 3.8) is 0 Å². The SMILES string of the molecule is CCCCOC(=O)[C@H](/N=C(\P)c1ccccc1)C1C[C@@H](C)O[C@H](C)C1. The summed E-state index contributed by atoms with van der Waals surface area (Å²) in [4.78, 5) is 17.5. The second-order valence-electron chi connectivity index (χ2n) is 6.84. The van der Waals surface area contributed by atoms with E-state index in [0.29, 0.717) is 6.61 Å². The number of ether oxygens (including phenoxy) is 2. The van der Waals surface area contributed by atoms with Crippen molar-refractivity contribution in [1.29, 1.82) is 0 Å². The first-order valence-corrected chi connectivity index (χ1v) is 9.79. The maximum atomic E-state index is 12.7. The van der Waals surface area contributed by atoms with Crippen LogP contribution >= 0.6 is 9.24 Å². The Morgan fingerprint density at radius 2 is 1.92 bits per heavy atom. The molecule has 2 rings (SSSR count). The smallest absolute Gasteiger partial charge is 0.331 e. The van der Waals surface area contributed by atoms with Crippen LogP contribution in [-0.2, 0) is 14.3 Å². The fourth-order valence-corrected chi connectivity index (χ4v) is 3.65. The van der Waals surface area contributed by atoms with E-state index in [9.17, 15) is 4.79 Å². The number of aliphatic imine (C=N–C) groups is 1. The lowest BCUT2D eigenvalue weighted by Crippen LogP contribution is -2.39. The van der Waals surface area contributed by atoms with Crippen LogP contribution < -0.4 is 0 Å². The summed E-state index contributed by atoms with van der Waals surface area (Å²) < 4.78 is 11.3. The molecular formula is C20H30NO3P. The van der Waals surface area contributed by atoms with Gasteiger partial charge in [-0.3, -0.25) is 4.99 Å². The number of carbonyl (C=O) groups is 1. The van der Waals surface area contributed by atoms with Crippen LogP contribution in [0, 0.1) is 5.92 Å². The van der Waals surface area contributed by atoms with Crippen molar-refractivity contribution in [3.8, 4) is 0 Å². The van der Waals surface area contributed by atoms with Gasteiger partial charge in [0.05, 0.1) is 24.3 Å². The molecule has 1 saturated heterocycles. The Morgan fingerprint density at radius 1 is 1.28 bits per heavy atom. The van der Waals surface area contributed by atoms with Gasteiger partial charge in [-0.1, -0.05) is 52.9 Å². The number of hydrogen-bond acceptors (Lipinski definition) is 4. The van der Waals surface area contributed by atoms with Gasteiger partial charge in [0.15, 0.2) is 6.04 Å². The van der Waals surface area contributed by atoms with E-state index in [2.05, 4.69) is 30.0 Å². The summed E-state index contributed by atoms with van der Waals surface area (Å²) in [6.07, 6.45) is 3.82. The van der Waals surface area contributed by atoms with E-state index in [0.717, 1.165) is 36.7 Å². The number of esters is 1. The van der Waals surface area contributed by atoms with Crippen molar-refractivity contribution in [2.24, 2.45) is 10.9 Å². The van der Waals surface area contributed by atoms with Crippen LogP contribution in [0.1, 0.15) is 52.0 Å². The quantitative estimate of drug-likeness (QED) is 0.315. The molecule has 1 unspecified atom stereocenters. The van der Waals surface area contributed by atoms with Crippen LogP contribution in [0.4, 0.5) is 0 Å². The molecule has 1 fully saturated rings. The summed E-state index contributed by atoms with van der Waals surface area (Å²) in [6.45, 7) is 6.67. The van der Waals surface area contributed by atoms with Crippen LogP contribution in [0.5, 0.6) is 0 Å². The lowest BCUT2D eigenvalue weighted by Gasteiger charge is -2.34. The highest BCUT2D eigenvalue weighted by atomic mass is 31.0. The molecule has 0 amide bonds. The van der Waals surface area contributed by atoms with Crippen LogP contribution in [0.3, 0.4) is 0 Å². The average Bonchev–Trinajstić information content (AvgIpc) is 2.59. The predicted molar refractivity (Wildman–Crippen MR) is 105 cm³/mol. The minimum atomic E-state index is -0.474. The molecule has 1 heterocycles. The molecule has 4 nitrogen and oxygen atoms in total. The maximum Gasteiger partial charge on any atom is 0.331 e. The van der Waals surface area contributed by atoms with Gasteiger partial charge in [0.25, 0.3) is 0 Å². The minimum Gasteiger partial charge on any atom is -0.464 e. The monoisotopic (exact) mass is 363 g/mol. The zero-order valence-electron chi connectivity index (χ0n) is 15.5. The molecule has 0 aromatic heterocycles. The van der Waals surface area contributed by atoms with E-state index in [4.69, 9.17) is 14.5 Å². The number of nitrogens with zero attached hydrogens (tertiary/aromatic N) is 1. The first-order chi connectivity index (χ1) is 12.0. The van der Waals surface area contributed by atoms with Crippen LogP contribution in [0.2, 0.25) is 0 Å². The highest BCUT2D eigenvalue weighted by molar-refractivity contribution is 7.42. The molecule has 25 heavy (non-hydrogen) atoms. The Morgan fingerprint density at radius 3 is 2.52 bits per heavy atom. The zero-order chi connectivity index (χ0) is 18.2. The van der Waals surface area contributed by atoms with Gasteiger partial charge in [-0.2, -0.15) is 0 Å². The van der Waals surface area contributed by atoms with E-state index >= 15 is 0 Å². The van der Waals surface area contributed by atoms with E-state index in [1.54, 1.807) is 0 Å². The molecule has 0 saturated carbocycles. The van der Waals surface area contributed by atoms with Crippen molar-refractivity contribution in [2.75, 3.05) is 6.61 Å². The number of carbonyl (C=O) groups excluding carboxylic acids is 1. The lowest BCUT2D eigenvalue weighted by atomic mass is 9.86. The van der Waals surface area contributed by atoms with E-state index in [1.165, 1.54) is 0 Å². The fourth-order valence-electron chi connectivity index (χ4n) is 3.30. The van der Waals surface area contributed by atoms with Crippen molar-refractivity contribution in [2.45, 2.75) is 64.7 Å². The Kier molecular flexibility index (Phi) is 8.05. The highest BCUT2D eigenvalue weighted by Crippen LogP contribution is 2.30. The van der Waals surface area contributed by atoms with Gasteiger partial charge < -0.3 is 9.47 Å². The van der Waals surface area contributed by atoms with Crippen molar-refractivity contribution in [3.05, 3.63) is 35.9 Å². The molecule has 138 valence electrons. The molecular weight excluding hydrogens is 333 g/mol. The van der Waals surface area contributed by atoms with Crippen molar-refractivity contribution in [1.82, 2.24) is 0 Å². The average molecular weight is 363 g/mol. The van der Waals surface area contributed by atoms with Crippen molar-refractivity contribution >= 4 is 20.7 Å². The Bertz CT molecular complexity index is 566. The molecule has 5 heteroatoms. The van der Waals surface area contributed by atoms with Gasteiger partial charge in [-0.15, -0.1) is 0 Å². The van der Waals surface area contributed by atoms with Crippen molar-refractivity contribution < 1.29 is 14.3 Å². The van der Waals surface area contributed by atoms with Crippen LogP contribution in [-0.4, -0.2) is 36.3 Å². The summed E-state index contributed by atoms with van der Waals surface area (Å²) in [5.41, 5.74) is 1.80. The topological polar surface area (TPSA) is 47.9 Å². The summed E-state index contributed by atoms with van der Waals surface area (Å²) in [5.74, 6) is -0.0669. The van der Waals surface area contributed by atoms with Crippen LogP contribution in [0.15, 0.2) is 35.3 Å². The highest BCUT2D eigenvalue weighted by Gasteiger charge is 2.35. The van der Waals surface area contributed by atoms with Gasteiger partial charge in [0.1, 0.15) is 0 Å². The maximum absolute atomic E-state index is 12.7. The summed E-state index contributed by atoms with van der Waals surface area (Å²) in [7, 11) is 2.67. The predicted octanol–water partition coefficient (Wildman–Crippen LogP) is 4.22. The lowest BCUT2D eigenvalue weighted by molar-refractivity contribution is -0.148. The van der Waals surface area contributed by atoms with Crippen LogP contribution in [0.25, 0.3) is 0 Å². The second-order valence-corrected chi connectivity index (χ2v) is 7.38. The molecule has 1 aliphatic heterocycles. The molecule has 0 bridgehead atoms. The number of hydrogen-bond donors (Lipinski definition) is 0. The van der Waals surface area contributed by atoms with Gasteiger partial charge in [-0.25, -0.2) is 4.79 Å². The van der Waals surface area contributed by atoms with E-state index < -0.39 is 6.04 Å². The Hall–Kier alpha value is -1.25. The third-order valence-corrected chi connectivity index (χ3v) is 4.99. The molecule has 0 aliphatic carbocycles. The zero-order valence-corrected chi connectivity index (χ0v) is 16.6. The van der Waals surface area contributed by atoms with E-state index in [1.807, 2.05) is 30.3 Å². The largest absolute Gasteiger partial charge is 0.464 e. The molecule has 0 spiro atoms. The third kappa shape index (κ3) is 6.20. The first kappa shape index (κ1) is 20.1. The molecule has 4 atom stereocenters. The molecule has 0 radical (unpaired) electrons. The van der Waals surface area contributed by atoms with Gasteiger partial charge in [0, 0.05) is 0 Å². The fraction of sp³-hybridized carbons (Fsp3) is 0.600. The first-order valence-electron chi connectivity index (χ1n) is 9.22. The minimum absolute atomic E-state index is 0.138. The summed E-state index contributed by atoms with van der Waals surface area (Å²) in [6, 6.07) is 9.45. The second kappa shape index (κ2) is 10.0. The molecule has 1 aromatic carbocycles. The molecule has 0 N–H and O–H groups in total. The normalized spacial score (nSPS) is 25.4. The standard InChI is InChI=1S/C20H30NO3P/c1-4-5-11-23-20(22)18(17-12-14(2)24-15(3)13-17)21-19(25)16-9-7-6-8-10-16/h6-10,14-15,17-18H,4-5,11-13,25H2,1-3H3/b21-19-/t14-,15-,18-/m1/s1. The third-order valence-electron chi connectivity index (χ3n) is 4.51. The molecule has 1 aliphatic rings. The number of rotatable bonds is 7. The van der Waals surface area contributed by atoms with E-state index in [-0.39, 0.29) is 24.1 Å². The summed E-state index contributed by atoms with van der Waals surface area (Å²) in [5, 5.41) is 0. The number of benzene rings is 1. The Labute approximate surface area is 153 Å². The van der Waals surface area contributed by atoms with Gasteiger partial charge in [0.2, 0.25) is 0 Å². The Balaban J connectivity index is 2.20. The van der Waals surface area contributed by atoms with Gasteiger partial charge in [-0.05, 0) is 44.6 Å². The summed E-state index contributed by atoms with van der Waals surface area (Å²) >= 11 is 0. The number of unbranched alkanes of at least 4 members (excludes halogenated alkanes) is 1. The van der Waals surface area contributed by atoms with Gasteiger partial charge >= 0.3 is 5.97 Å².